The highest BCUT2D eigenvalue weighted by Crippen LogP contribution is 2.36. The van der Waals surface area contributed by atoms with Crippen LogP contribution in [0.2, 0.25) is 0 Å². The first kappa shape index (κ1) is 19.6. The summed E-state index contributed by atoms with van der Waals surface area (Å²) in [7, 11) is 2.87. The van der Waals surface area contributed by atoms with E-state index in [1.54, 1.807) is 18.3 Å². The predicted octanol–water partition coefficient (Wildman–Crippen LogP) is 4.53. The molecule has 2 aromatic heterocycles. The molecule has 2 heterocycles. The number of phenols is 1. The first-order valence-corrected chi connectivity index (χ1v) is 10.1. The number of phenolic OH excluding ortho intramolecular Hbond substituents is 1. The van der Waals surface area contributed by atoms with Crippen LogP contribution in [0.25, 0.3) is 0 Å². The van der Waals surface area contributed by atoms with Gasteiger partial charge in [-0.05, 0) is 46.3 Å². The van der Waals surface area contributed by atoms with Crippen molar-refractivity contribution in [3.63, 3.8) is 0 Å². The lowest BCUT2D eigenvalue weighted by Crippen LogP contribution is -2.25. The van der Waals surface area contributed by atoms with Crippen LogP contribution in [0.5, 0.6) is 5.75 Å². The molecular formula is C17H15BrN4O3S2. The Morgan fingerprint density at radius 2 is 2.19 bits per heavy atom. The lowest BCUT2D eigenvalue weighted by atomic mass is 10.2. The second-order valence-electron chi connectivity index (χ2n) is 5.22. The fraction of sp³-hybridized carbons (Fsp3) is 0.118. The van der Waals surface area contributed by atoms with E-state index in [1.165, 1.54) is 43.3 Å². The molecule has 140 valence electrons. The van der Waals surface area contributed by atoms with Gasteiger partial charge in [-0.3, -0.25) is 9.63 Å². The van der Waals surface area contributed by atoms with Crippen molar-refractivity contribution in [3.05, 3.63) is 52.8 Å². The number of benzene rings is 1. The summed E-state index contributed by atoms with van der Waals surface area (Å²) in [6.07, 6.45) is 1.74. The molecular weight excluding hydrogens is 452 g/mol. The molecule has 27 heavy (non-hydrogen) atoms. The largest absolute Gasteiger partial charge is 0.507 e. The van der Waals surface area contributed by atoms with Gasteiger partial charge in [-0.1, -0.05) is 29.2 Å². The fourth-order valence-electron chi connectivity index (χ4n) is 2.07. The lowest BCUT2D eigenvalue weighted by molar-refractivity contribution is -0.0758. The second kappa shape index (κ2) is 8.70. The van der Waals surface area contributed by atoms with E-state index in [0.717, 1.165) is 18.8 Å². The number of amides is 1. The fourth-order valence-corrected chi connectivity index (χ4v) is 4.31. The number of carbonyl (C=O) groups is 1. The van der Waals surface area contributed by atoms with Gasteiger partial charge in [-0.2, -0.15) is 0 Å². The van der Waals surface area contributed by atoms with Crippen molar-refractivity contribution in [2.75, 3.05) is 19.5 Å². The van der Waals surface area contributed by atoms with Crippen molar-refractivity contribution < 1.29 is 14.7 Å². The highest BCUT2D eigenvalue weighted by atomic mass is 79.9. The van der Waals surface area contributed by atoms with Crippen molar-refractivity contribution >= 4 is 55.9 Å². The van der Waals surface area contributed by atoms with E-state index < -0.39 is 5.91 Å². The van der Waals surface area contributed by atoms with E-state index in [2.05, 4.69) is 31.2 Å². The first-order valence-electron chi connectivity index (χ1n) is 7.64. The molecule has 0 radical (unpaired) electrons. The molecule has 3 rings (SSSR count). The van der Waals surface area contributed by atoms with Gasteiger partial charge in [0, 0.05) is 11.9 Å². The standard InChI is InChI=1S/C17H15BrN4O3S2/c1-22(25-2)16(24)11-8-10(6-7-12(11)23)26-15-9-19-17(27-15)21-14-5-3-4-13(18)20-14/h3-9,23H,1-2H3,(H,19,20,21). The molecule has 0 unspecified atom stereocenters. The summed E-state index contributed by atoms with van der Waals surface area (Å²) < 4.78 is 1.66. The van der Waals surface area contributed by atoms with E-state index in [1.807, 2.05) is 18.2 Å². The number of pyridine rings is 1. The molecule has 0 fully saturated rings. The number of rotatable bonds is 6. The van der Waals surface area contributed by atoms with Crippen LogP contribution < -0.4 is 5.32 Å². The molecule has 7 nitrogen and oxygen atoms in total. The molecule has 1 aromatic carbocycles. The van der Waals surface area contributed by atoms with Gasteiger partial charge in [-0.25, -0.2) is 15.0 Å². The Bertz CT molecular complexity index is 967. The predicted molar refractivity (Wildman–Crippen MR) is 109 cm³/mol. The van der Waals surface area contributed by atoms with Gasteiger partial charge < -0.3 is 10.4 Å². The van der Waals surface area contributed by atoms with Crippen molar-refractivity contribution in [2.24, 2.45) is 0 Å². The molecule has 0 atom stereocenters. The van der Waals surface area contributed by atoms with E-state index in [-0.39, 0.29) is 11.3 Å². The average Bonchev–Trinajstić information content (AvgIpc) is 3.08. The number of anilines is 2. The Balaban J connectivity index is 1.74. The zero-order valence-corrected chi connectivity index (χ0v) is 17.6. The van der Waals surface area contributed by atoms with Crippen LogP contribution in [-0.2, 0) is 4.84 Å². The van der Waals surface area contributed by atoms with E-state index in [9.17, 15) is 9.90 Å². The summed E-state index contributed by atoms with van der Waals surface area (Å²) in [6, 6.07) is 10.4. The normalized spacial score (nSPS) is 10.6. The quantitative estimate of drug-likeness (QED) is 0.407. The van der Waals surface area contributed by atoms with Crippen molar-refractivity contribution in [1.29, 1.82) is 0 Å². The van der Waals surface area contributed by atoms with Gasteiger partial charge in [0.05, 0.1) is 23.1 Å². The Morgan fingerprint density at radius 1 is 1.37 bits per heavy atom. The lowest BCUT2D eigenvalue weighted by Gasteiger charge is -2.14. The number of aromatic hydroxyl groups is 1. The smallest absolute Gasteiger partial charge is 0.280 e. The van der Waals surface area contributed by atoms with Gasteiger partial charge in [0.15, 0.2) is 5.13 Å². The Kier molecular flexibility index (Phi) is 6.32. The number of nitrogens with zero attached hydrogens (tertiary/aromatic N) is 3. The minimum atomic E-state index is -0.426. The van der Waals surface area contributed by atoms with Crippen LogP contribution in [0.15, 0.2) is 56.3 Å². The van der Waals surface area contributed by atoms with Crippen LogP contribution >= 0.6 is 39.0 Å². The van der Waals surface area contributed by atoms with Crippen LogP contribution in [0.1, 0.15) is 10.4 Å². The average molecular weight is 467 g/mol. The summed E-state index contributed by atoms with van der Waals surface area (Å²) in [5.74, 6) is 0.167. The number of carbonyl (C=O) groups excluding carboxylic acids is 1. The molecule has 0 spiro atoms. The summed E-state index contributed by atoms with van der Waals surface area (Å²) in [4.78, 5) is 26.6. The van der Waals surface area contributed by atoms with Crippen molar-refractivity contribution in [2.45, 2.75) is 9.10 Å². The summed E-state index contributed by atoms with van der Waals surface area (Å²) in [5, 5.41) is 14.9. The number of hydrogen-bond donors (Lipinski definition) is 2. The number of hydroxylamine groups is 2. The maximum absolute atomic E-state index is 12.2. The molecule has 2 N–H and O–H groups in total. The monoisotopic (exact) mass is 466 g/mol. The molecule has 10 heteroatoms. The number of halogens is 1. The van der Waals surface area contributed by atoms with Crippen molar-refractivity contribution in [3.8, 4) is 5.75 Å². The number of aromatic nitrogens is 2. The third-order valence-corrected chi connectivity index (χ3v) is 5.86. The van der Waals surface area contributed by atoms with Gasteiger partial charge in [0.25, 0.3) is 5.91 Å². The third kappa shape index (κ3) is 4.98. The minimum Gasteiger partial charge on any atom is -0.507 e. The summed E-state index contributed by atoms with van der Waals surface area (Å²) >= 11 is 6.24. The molecule has 0 aliphatic carbocycles. The zero-order valence-electron chi connectivity index (χ0n) is 14.3. The van der Waals surface area contributed by atoms with Crippen molar-refractivity contribution in [1.82, 2.24) is 15.0 Å². The van der Waals surface area contributed by atoms with Crippen LogP contribution in [-0.4, -0.2) is 40.2 Å². The molecule has 0 aliphatic rings. The van der Waals surface area contributed by atoms with Crippen LogP contribution in [0.3, 0.4) is 0 Å². The topological polar surface area (TPSA) is 87.6 Å². The SMILES string of the molecule is CON(C)C(=O)c1cc(Sc2cnc(Nc3cccc(Br)n3)s2)ccc1O. The molecule has 0 saturated carbocycles. The second-order valence-corrected chi connectivity index (χ2v) is 8.44. The molecule has 3 aromatic rings. The summed E-state index contributed by atoms with van der Waals surface area (Å²) in [6.45, 7) is 0. The van der Waals surface area contributed by atoms with E-state index in [0.29, 0.717) is 10.9 Å². The molecule has 0 aliphatic heterocycles. The van der Waals surface area contributed by atoms with E-state index >= 15 is 0 Å². The van der Waals surface area contributed by atoms with Crippen LogP contribution in [0, 0.1) is 0 Å². The minimum absolute atomic E-state index is 0.0966. The molecule has 0 bridgehead atoms. The summed E-state index contributed by atoms with van der Waals surface area (Å²) in [5.41, 5.74) is 0.172. The first-order chi connectivity index (χ1) is 13.0. The molecule has 1 amide bonds. The van der Waals surface area contributed by atoms with Gasteiger partial charge in [-0.15, -0.1) is 0 Å². The van der Waals surface area contributed by atoms with Gasteiger partial charge >= 0.3 is 0 Å². The Morgan fingerprint density at radius 3 is 2.93 bits per heavy atom. The Hall–Kier alpha value is -2.14. The number of nitrogens with one attached hydrogen (secondary N) is 1. The Labute approximate surface area is 172 Å². The molecule has 0 saturated heterocycles. The highest BCUT2D eigenvalue weighted by Gasteiger charge is 2.17. The third-order valence-electron chi connectivity index (χ3n) is 3.41. The highest BCUT2D eigenvalue weighted by molar-refractivity contribution is 9.10. The number of hydrogen-bond acceptors (Lipinski definition) is 8. The maximum Gasteiger partial charge on any atom is 0.280 e. The number of thiazole rings is 1. The van der Waals surface area contributed by atoms with Gasteiger partial charge in [0.1, 0.15) is 16.2 Å². The zero-order chi connectivity index (χ0) is 19.4. The van der Waals surface area contributed by atoms with Crippen LogP contribution in [0.4, 0.5) is 10.9 Å². The maximum atomic E-state index is 12.2. The van der Waals surface area contributed by atoms with E-state index in [4.69, 9.17) is 4.84 Å². The van der Waals surface area contributed by atoms with Gasteiger partial charge in [0.2, 0.25) is 0 Å².